The molecule has 1 unspecified atom stereocenters. The van der Waals surface area contributed by atoms with Crippen molar-refractivity contribution >= 4 is 33.2 Å². The number of halogens is 1. The van der Waals surface area contributed by atoms with E-state index in [0.717, 1.165) is 18.0 Å². The molecule has 9 heteroatoms. The van der Waals surface area contributed by atoms with Crippen LogP contribution in [-0.2, 0) is 22.0 Å². The summed E-state index contributed by atoms with van der Waals surface area (Å²) in [7, 11) is -3.12. The van der Waals surface area contributed by atoms with Gasteiger partial charge < -0.3 is 5.11 Å². The van der Waals surface area contributed by atoms with Crippen molar-refractivity contribution in [3.05, 3.63) is 47.5 Å². The molecule has 0 spiro atoms. The van der Waals surface area contributed by atoms with Gasteiger partial charge in [-0.15, -0.1) is 11.8 Å². The number of thioether (sulfide) groups is 1. The van der Waals surface area contributed by atoms with Crippen LogP contribution < -0.4 is 0 Å². The summed E-state index contributed by atoms with van der Waals surface area (Å²) < 4.78 is 24.1. The number of benzene rings is 1. The molecule has 120 valence electrons. The first-order chi connectivity index (χ1) is 10.3. The van der Waals surface area contributed by atoms with Gasteiger partial charge in [0.05, 0.1) is 11.6 Å². The SMILES string of the molecule is CS(=O)(=O)CSCC(O)(Cn1cncn1)c1ccccc1Cl. The Morgan fingerprint density at radius 1 is 1.41 bits per heavy atom. The zero-order valence-corrected chi connectivity index (χ0v) is 14.3. The van der Waals surface area contributed by atoms with Gasteiger partial charge in [0.1, 0.15) is 18.3 Å². The molecule has 1 atom stereocenters. The van der Waals surface area contributed by atoms with Gasteiger partial charge in [0.2, 0.25) is 0 Å². The molecule has 2 aromatic rings. The van der Waals surface area contributed by atoms with Crippen molar-refractivity contribution in [1.82, 2.24) is 14.8 Å². The zero-order chi connectivity index (χ0) is 16.2. The molecular weight excluding hydrogens is 346 g/mol. The number of rotatable bonds is 7. The Bertz CT molecular complexity index is 722. The molecule has 2 rings (SSSR count). The highest BCUT2D eigenvalue weighted by Gasteiger charge is 2.32. The minimum Gasteiger partial charge on any atom is -0.382 e. The summed E-state index contributed by atoms with van der Waals surface area (Å²) in [4.78, 5) is 3.85. The van der Waals surface area contributed by atoms with Gasteiger partial charge in [0.25, 0.3) is 0 Å². The second-order valence-electron chi connectivity index (χ2n) is 5.00. The lowest BCUT2D eigenvalue weighted by molar-refractivity contribution is 0.0398. The van der Waals surface area contributed by atoms with Crippen LogP contribution in [0.3, 0.4) is 0 Å². The van der Waals surface area contributed by atoms with Crippen LogP contribution in [0.1, 0.15) is 5.56 Å². The van der Waals surface area contributed by atoms with Crippen molar-refractivity contribution in [3.63, 3.8) is 0 Å². The van der Waals surface area contributed by atoms with Crippen molar-refractivity contribution in [2.45, 2.75) is 12.1 Å². The van der Waals surface area contributed by atoms with E-state index in [4.69, 9.17) is 11.6 Å². The van der Waals surface area contributed by atoms with E-state index < -0.39 is 15.4 Å². The van der Waals surface area contributed by atoms with Gasteiger partial charge in [-0.1, -0.05) is 29.8 Å². The van der Waals surface area contributed by atoms with Crippen molar-refractivity contribution in [2.24, 2.45) is 0 Å². The van der Waals surface area contributed by atoms with Gasteiger partial charge in [0, 0.05) is 22.6 Å². The van der Waals surface area contributed by atoms with Gasteiger partial charge in [-0.2, -0.15) is 5.10 Å². The Kier molecular flexibility index (Phi) is 5.49. The molecule has 6 nitrogen and oxygen atoms in total. The zero-order valence-electron chi connectivity index (χ0n) is 11.9. The van der Waals surface area contributed by atoms with Crippen molar-refractivity contribution in [2.75, 3.05) is 17.1 Å². The van der Waals surface area contributed by atoms with Crippen LogP contribution in [0.5, 0.6) is 0 Å². The van der Waals surface area contributed by atoms with Crippen LogP contribution in [0.15, 0.2) is 36.9 Å². The molecule has 1 heterocycles. The van der Waals surface area contributed by atoms with Crippen LogP contribution in [0, 0.1) is 0 Å². The van der Waals surface area contributed by atoms with Gasteiger partial charge in [0.15, 0.2) is 9.84 Å². The standard InChI is InChI=1S/C13H16ClN3O3S2/c1-22(19,20)10-21-7-13(18,6-17-9-15-8-16-17)11-4-2-3-5-12(11)14/h2-5,8-9,18H,6-7,10H2,1H3. The van der Waals surface area contributed by atoms with Crippen LogP contribution >= 0.6 is 23.4 Å². The Morgan fingerprint density at radius 3 is 2.73 bits per heavy atom. The van der Waals surface area contributed by atoms with Crippen molar-refractivity contribution in [1.29, 1.82) is 0 Å². The molecule has 22 heavy (non-hydrogen) atoms. The fourth-order valence-corrected chi connectivity index (χ4v) is 4.43. The maximum Gasteiger partial charge on any atom is 0.156 e. The fraction of sp³-hybridized carbons (Fsp3) is 0.385. The lowest BCUT2D eigenvalue weighted by atomic mass is 9.96. The predicted octanol–water partition coefficient (Wildman–Crippen LogP) is 1.55. The molecule has 0 radical (unpaired) electrons. The Balaban J connectivity index is 2.25. The van der Waals surface area contributed by atoms with Gasteiger partial charge in [-0.05, 0) is 6.07 Å². The Hall–Kier alpha value is -1.09. The summed E-state index contributed by atoms with van der Waals surface area (Å²) in [6.07, 6.45) is 4.02. The highest BCUT2D eigenvalue weighted by atomic mass is 35.5. The largest absolute Gasteiger partial charge is 0.382 e. The number of nitrogens with zero attached hydrogens (tertiary/aromatic N) is 3. The second kappa shape index (κ2) is 6.99. The number of hydrogen-bond donors (Lipinski definition) is 1. The Labute approximate surface area is 138 Å². The normalized spacial score (nSPS) is 14.7. The third-order valence-electron chi connectivity index (χ3n) is 2.90. The lowest BCUT2D eigenvalue weighted by Crippen LogP contribution is -2.35. The van der Waals surface area contributed by atoms with Crippen LogP contribution in [0.4, 0.5) is 0 Å². The fourth-order valence-electron chi connectivity index (χ4n) is 1.99. The van der Waals surface area contributed by atoms with Gasteiger partial charge in [-0.3, -0.25) is 0 Å². The van der Waals surface area contributed by atoms with Crippen molar-refractivity contribution < 1.29 is 13.5 Å². The summed E-state index contributed by atoms with van der Waals surface area (Å²) in [5.74, 6) is 0.170. The molecule has 0 fully saturated rings. The monoisotopic (exact) mass is 361 g/mol. The van der Waals surface area contributed by atoms with Crippen LogP contribution in [0.2, 0.25) is 5.02 Å². The molecule has 0 bridgehead atoms. The number of sulfone groups is 1. The maximum absolute atomic E-state index is 11.3. The highest BCUT2D eigenvalue weighted by molar-refractivity contribution is 8.12. The van der Waals surface area contributed by atoms with E-state index in [1.54, 1.807) is 24.3 Å². The summed E-state index contributed by atoms with van der Waals surface area (Å²) in [5.41, 5.74) is -0.810. The minimum absolute atomic E-state index is 0.0723. The first-order valence-electron chi connectivity index (χ1n) is 6.35. The summed E-state index contributed by atoms with van der Waals surface area (Å²) in [6.45, 7) is 0.132. The molecule has 0 aliphatic rings. The van der Waals surface area contributed by atoms with E-state index in [1.165, 1.54) is 17.3 Å². The van der Waals surface area contributed by atoms with Crippen LogP contribution in [0.25, 0.3) is 0 Å². The van der Waals surface area contributed by atoms with Crippen molar-refractivity contribution in [3.8, 4) is 0 Å². The highest BCUT2D eigenvalue weighted by Crippen LogP contribution is 2.32. The van der Waals surface area contributed by atoms with E-state index in [1.807, 2.05) is 0 Å². The maximum atomic E-state index is 11.3. The number of hydrogen-bond acceptors (Lipinski definition) is 6. The molecule has 0 amide bonds. The molecule has 1 aromatic carbocycles. The average Bonchev–Trinajstić information content (AvgIpc) is 2.90. The summed E-state index contributed by atoms with van der Waals surface area (Å²) in [5, 5.41) is 15.4. The molecule has 0 aliphatic carbocycles. The quantitative estimate of drug-likeness (QED) is 0.805. The van der Waals surface area contributed by atoms with E-state index in [9.17, 15) is 13.5 Å². The molecule has 1 aromatic heterocycles. The third-order valence-corrected chi connectivity index (χ3v) is 6.29. The molecule has 0 saturated heterocycles. The molecule has 0 saturated carbocycles. The van der Waals surface area contributed by atoms with E-state index >= 15 is 0 Å². The average molecular weight is 362 g/mol. The second-order valence-corrected chi connectivity index (χ2v) is 8.89. The van der Waals surface area contributed by atoms with E-state index in [-0.39, 0.29) is 17.4 Å². The first-order valence-corrected chi connectivity index (χ1v) is 9.95. The Morgan fingerprint density at radius 2 is 2.14 bits per heavy atom. The lowest BCUT2D eigenvalue weighted by Gasteiger charge is -2.29. The molecule has 1 N–H and O–H groups in total. The number of aromatic nitrogens is 3. The topological polar surface area (TPSA) is 85.1 Å². The van der Waals surface area contributed by atoms with E-state index in [2.05, 4.69) is 10.1 Å². The predicted molar refractivity (Wildman–Crippen MR) is 87.5 cm³/mol. The van der Waals surface area contributed by atoms with Gasteiger partial charge >= 0.3 is 0 Å². The molecular formula is C13H16ClN3O3S2. The first kappa shape index (κ1) is 17.3. The molecule has 0 aliphatic heterocycles. The summed E-state index contributed by atoms with van der Waals surface area (Å²) >= 11 is 7.32. The minimum atomic E-state index is -3.12. The van der Waals surface area contributed by atoms with Crippen LogP contribution in [-0.4, -0.2) is 45.4 Å². The third kappa shape index (κ3) is 4.70. The smallest absolute Gasteiger partial charge is 0.156 e. The number of aliphatic hydroxyl groups is 1. The van der Waals surface area contributed by atoms with Gasteiger partial charge in [-0.25, -0.2) is 18.1 Å². The van der Waals surface area contributed by atoms with E-state index in [0.29, 0.717) is 10.6 Å². The summed E-state index contributed by atoms with van der Waals surface area (Å²) in [6, 6.07) is 6.95.